The molecule has 1 fully saturated rings. The minimum Gasteiger partial charge on any atom is -0.305 e. The molecule has 1 saturated carbocycles. The summed E-state index contributed by atoms with van der Waals surface area (Å²) in [6.07, 6.45) is 9.90. The molecule has 0 saturated heterocycles. The number of fused-ring (bicyclic) bond motifs is 2. The maximum absolute atomic E-state index is 5.00. The highest BCUT2D eigenvalue weighted by molar-refractivity contribution is 5.73. The van der Waals surface area contributed by atoms with E-state index in [0.717, 1.165) is 28.8 Å². The minimum atomic E-state index is 0.249. The molecule has 0 aliphatic heterocycles. The molecule has 2 aliphatic carbocycles. The van der Waals surface area contributed by atoms with Gasteiger partial charge in [0.1, 0.15) is 11.3 Å². The molecule has 122 valence electrons. The molecule has 1 atom stereocenters. The minimum absolute atomic E-state index is 0.249. The van der Waals surface area contributed by atoms with Gasteiger partial charge < -0.3 is 4.57 Å². The maximum atomic E-state index is 5.00. The largest absolute Gasteiger partial charge is 0.305 e. The number of hydrogen-bond donors (Lipinski definition) is 1. The van der Waals surface area contributed by atoms with Crippen LogP contribution in [0.25, 0.3) is 23.3 Å². The van der Waals surface area contributed by atoms with E-state index in [4.69, 9.17) is 9.97 Å². The van der Waals surface area contributed by atoms with Gasteiger partial charge in [0, 0.05) is 22.7 Å². The van der Waals surface area contributed by atoms with Crippen LogP contribution in [0.5, 0.6) is 0 Å². The van der Waals surface area contributed by atoms with E-state index in [1.165, 1.54) is 23.8 Å². The van der Waals surface area contributed by atoms with Gasteiger partial charge in [0.15, 0.2) is 5.65 Å². The fraction of sp³-hybridized carbons (Fsp3) is 0.421. The van der Waals surface area contributed by atoms with Crippen molar-refractivity contribution >= 4 is 23.3 Å². The number of aromatic nitrogens is 5. The van der Waals surface area contributed by atoms with Crippen LogP contribution in [-0.2, 0) is 0 Å². The van der Waals surface area contributed by atoms with Crippen molar-refractivity contribution in [1.82, 2.24) is 24.7 Å². The van der Waals surface area contributed by atoms with Crippen LogP contribution >= 0.6 is 0 Å². The third kappa shape index (κ3) is 2.11. The van der Waals surface area contributed by atoms with Crippen LogP contribution in [0.2, 0.25) is 0 Å². The maximum Gasteiger partial charge on any atom is 0.160 e. The van der Waals surface area contributed by atoms with E-state index in [0.29, 0.717) is 11.8 Å². The first kappa shape index (κ1) is 14.0. The summed E-state index contributed by atoms with van der Waals surface area (Å²) in [6, 6.07) is 4.56. The van der Waals surface area contributed by atoms with E-state index >= 15 is 0 Å². The quantitative estimate of drug-likeness (QED) is 0.806. The number of H-pyrrole nitrogens is 1. The number of imidazole rings is 1. The summed E-state index contributed by atoms with van der Waals surface area (Å²) in [4.78, 5) is 9.90. The van der Waals surface area contributed by atoms with E-state index in [2.05, 4.69) is 52.9 Å². The monoisotopic (exact) mass is 319 g/mol. The second-order valence-corrected chi connectivity index (χ2v) is 7.26. The standard InChI is InChI=1S/C19H21N5/c1-11(2)18-22-17-8-7-15(12-3-4-12)21-19(17)24(18)14-5-6-16-13(9-14)10-20-23-16/h6-12,14,23H,3-5H2,1-2H3. The van der Waals surface area contributed by atoms with E-state index < -0.39 is 0 Å². The Balaban J connectivity index is 1.73. The molecular formula is C19H21N5. The molecule has 5 nitrogen and oxygen atoms in total. The molecule has 5 heteroatoms. The molecular weight excluding hydrogens is 298 g/mol. The van der Waals surface area contributed by atoms with Crippen LogP contribution < -0.4 is 10.6 Å². The van der Waals surface area contributed by atoms with Crippen LogP contribution in [0, 0.1) is 0 Å². The Morgan fingerprint density at radius 2 is 2.08 bits per heavy atom. The van der Waals surface area contributed by atoms with Gasteiger partial charge in [-0.25, -0.2) is 9.97 Å². The summed E-state index contributed by atoms with van der Waals surface area (Å²) in [6.45, 7) is 4.41. The summed E-state index contributed by atoms with van der Waals surface area (Å²) >= 11 is 0. The molecule has 3 aromatic rings. The Hall–Kier alpha value is -2.43. The normalized spacial score (nSPS) is 20.0. The fourth-order valence-electron chi connectivity index (χ4n) is 3.64. The predicted octanol–water partition coefficient (Wildman–Crippen LogP) is 2.36. The lowest BCUT2D eigenvalue weighted by atomic mass is 10.1. The number of rotatable bonds is 3. The predicted molar refractivity (Wildman–Crippen MR) is 94.0 cm³/mol. The van der Waals surface area contributed by atoms with Gasteiger partial charge in [0.25, 0.3) is 0 Å². The highest BCUT2D eigenvalue weighted by Gasteiger charge is 2.27. The van der Waals surface area contributed by atoms with E-state index in [1.54, 1.807) is 0 Å². The Morgan fingerprint density at radius 1 is 1.21 bits per heavy atom. The van der Waals surface area contributed by atoms with Gasteiger partial charge >= 0.3 is 0 Å². The van der Waals surface area contributed by atoms with Gasteiger partial charge in [-0.1, -0.05) is 26.0 Å². The number of nitrogens with zero attached hydrogens (tertiary/aromatic N) is 4. The van der Waals surface area contributed by atoms with Gasteiger partial charge in [-0.15, -0.1) is 0 Å². The van der Waals surface area contributed by atoms with Crippen LogP contribution in [0.15, 0.2) is 18.3 Å². The lowest BCUT2D eigenvalue weighted by Crippen LogP contribution is -2.28. The van der Waals surface area contributed by atoms with Crippen molar-refractivity contribution in [3.63, 3.8) is 0 Å². The van der Waals surface area contributed by atoms with Gasteiger partial charge in [-0.2, -0.15) is 5.10 Å². The van der Waals surface area contributed by atoms with Crippen molar-refractivity contribution in [2.75, 3.05) is 0 Å². The number of nitrogens with one attached hydrogen (secondary N) is 1. The zero-order valence-corrected chi connectivity index (χ0v) is 14.0. The van der Waals surface area contributed by atoms with Crippen LogP contribution in [0.3, 0.4) is 0 Å². The zero-order chi connectivity index (χ0) is 16.3. The SMILES string of the molecule is CC(C)c1nc2ccc(C3CC3)nc2n1C1C=c2cn[nH]c2=CC1. The first-order valence-electron chi connectivity index (χ1n) is 8.81. The van der Waals surface area contributed by atoms with E-state index in [9.17, 15) is 0 Å². The van der Waals surface area contributed by atoms with Gasteiger partial charge in [-0.05, 0) is 31.4 Å². The first-order valence-corrected chi connectivity index (χ1v) is 8.81. The van der Waals surface area contributed by atoms with E-state index in [-0.39, 0.29) is 6.04 Å². The second kappa shape index (κ2) is 5.03. The molecule has 5 rings (SSSR count). The molecule has 0 spiro atoms. The van der Waals surface area contributed by atoms with Gasteiger partial charge in [-0.3, -0.25) is 5.10 Å². The molecule has 0 bridgehead atoms. The average molecular weight is 319 g/mol. The van der Waals surface area contributed by atoms with Crippen molar-refractivity contribution in [3.05, 3.63) is 40.4 Å². The molecule has 2 aliphatic rings. The Kier molecular flexibility index (Phi) is 2.93. The molecule has 24 heavy (non-hydrogen) atoms. The van der Waals surface area contributed by atoms with Crippen LogP contribution in [-0.4, -0.2) is 24.7 Å². The Labute approximate surface area is 140 Å². The topological polar surface area (TPSA) is 59.4 Å². The number of pyridine rings is 1. The summed E-state index contributed by atoms with van der Waals surface area (Å²) in [5.74, 6) is 2.14. The molecule has 3 aromatic heterocycles. The highest BCUT2D eigenvalue weighted by atomic mass is 15.2. The molecule has 1 N–H and O–H groups in total. The van der Waals surface area contributed by atoms with E-state index in [1.807, 2.05) is 6.20 Å². The van der Waals surface area contributed by atoms with Crippen molar-refractivity contribution in [3.8, 4) is 0 Å². The average Bonchev–Trinajstić information content (AvgIpc) is 3.20. The highest BCUT2D eigenvalue weighted by Crippen LogP contribution is 2.40. The molecule has 3 heterocycles. The summed E-state index contributed by atoms with van der Waals surface area (Å²) in [7, 11) is 0. The first-order chi connectivity index (χ1) is 11.7. The van der Waals surface area contributed by atoms with Gasteiger partial charge in [0.05, 0.1) is 17.6 Å². The lowest BCUT2D eigenvalue weighted by Gasteiger charge is -2.20. The molecule has 0 amide bonds. The fourth-order valence-corrected chi connectivity index (χ4v) is 3.64. The van der Waals surface area contributed by atoms with Crippen LogP contribution in [0.4, 0.5) is 0 Å². The Bertz CT molecular complexity index is 1040. The molecule has 0 radical (unpaired) electrons. The number of hydrogen-bond acceptors (Lipinski definition) is 3. The number of aromatic amines is 1. The third-order valence-corrected chi connectivity index (χ3v) is 5.06. The zero-order valence-electron chi connectivity index (χ0n) is 14.0. The van der Waals surface area contributed by atoms with Crippen molar-refractivity contribution in [2.24, 2.45) is 0 Å². The summed E-state index contributed by atoms with van der Waals surface area (Å²) in [5.41, 5.74) is 3.27. The molecule has 0 aromatic carbocycles. The van der Waals surface area contributed by atoms with Crippen molar-refractivity contribution in [2.45, 2.75) is 51.0 Å². The summed E-state index contributed by atoms with van der Waals surface area (Å²) < 4.78 is 2.35. The third-order valence-electron chi connectivity index (χ3n) is 5.06. The van der Waals surface area contributed by atoms with Gasteiger partial charge in [0.2, 0.25) is 0 Å². The van der Waals surface area contributed by atoms with Crippen molar-refractivity contribution < 1.29 is 0 Å². The van der Waals surface area contributed by atoms with Crippen molar-refractivity contribution in [1.29, 1.82) is 0 Å². The van der Waals surface area contributed by atoms with Crippen LogP contribution in [0.1, 0.15) is 62.5 Å². The second-order valence-electron chi connectivity index (χ2n) is 7.26. The molecule has 1 unspecified atom stereocenters. The Morgan fingerprint density at radius 3 is 2.88 bits per heavy atom. The summed E-state index contributed by atoms with van der Waals surface area (Å²) in [5, 5.41) is 9.50. The lowest BCUT2D eigenvalue weighted by molar-refractivity contribution is 0.596. The smallest absolute Gasteiger partial charge is 0.160 e.